The van der Waals surface area contributed by atoms with Crippen LogP contribution in [0.2, 0.25) is 0 Å². The van der Waals surface area contributed by atoms with Gasteiger partial charge in [0.1, 0.15) is 0 Å². The van der Waals surface area contributed by atoms with Crippen LogP contribution >= 0.6 is 0 Å². The van der Waals surface area contributed by atoms with Crippen molar-refractivity contribution in [2.24, 2.45) is 0 Å². The number of hydrogen-bond donors (Lipinski definition) is 2. The lowest BCUT2D eigenvalue weighted by atomic mass is 10.2. The lowest BCUT2D eigenvalue weighted by Crippen LogP contribution is -2.25. The number of oxazole rings is 1. The van der Waals surface area contributed by atoms with E-state index in [1.54, 1.807) is 30.5 Å². The van der Waals surface area contributed by atoms with E-state index in [0.717, 1.165) is 18.4 Å². The maximum Gasteiger partial charge on any atom is 0.251 e. The number of nitrogens with one attached hydrogen (secondary N) is 2. The molecule has 1 heterocycles. The molecule has 0 radical (unpaired) electrons. The van der Waals surface area contributed by atoms with Crippen molar-refractivity contribution in [1.29, 1.82) is 0 Å². The second kappa shape index (κ2) is 8.08. The van der Waals surface area contributed by atoms with E-state index in [-0.39, 0.29) is 18.2 Å². The number of aromatic nitrogens is 1. The third kappa shape index (κ3) is 4.65. The molecule has 1 saturated carbocycles. The Morgan fingerprint density at radius 3 is 2.68 bits per heavy atom. The van der Waals surface area contributed by atoms with Crippen LogP contribution in [0.4, 0.5) is 5.69 Å². The fourth-order valence-electron chi connectivity index (χ4n) is 2.84. The van der Waals surface area contributed by atoms with Crippen LogP contribution in [-0.4, -0.2) is 22.8 Å². The highest BCUT2D eigenvalue weighted by molar-refractivity contribution is 5.97. The average molecular weight is 375 g/mol. The first-order valence-corrected chi connectivity index (χ1v) is 9.38. The molecule has 6 nitrogen and oxygen atoms in total. The van der Waals surface area contributed by atoms with Crippen molar-refractivity contribution in [3.63, 3.8) is 0 Å². The summed E-state index contributed by atoms with van der Waals surface area (Å²) in [4.78, 5) is 28.6. The van der Waals surface area contributed by atoms with Crippen LogP contribution in [0, 0.1) is 0 Å². The number of nitrogens with zero attached hydrogens (tertiary/aromatic N) is 1. The minimum Gasteiger partial charge on any atom is -0.441 e. The molecule has 4 rings (SSSR count). The van der Waals surface area contributed by atoms with Crippen LogP contribution in [0.1, 0.15) is 35.5 Å². The zero-order valence-electron chi connectivity index (χ0n) is 15.4. The molecule has 0 saturated heterocycles. The maximum absolute atomic E-state index is 12.3. The van der Waals surface area contributed by atoms with Gasteiger partial charge in [0.25, 0.3) is 5.91 Å². The highest BCUT2D eigenvalue weighted by Crippen LogP contribution is 2.21. The summed E-state index contributed by atoms with van der Waals surface area (Å²) in [7, 11) is 0. The average Bonchev–Trinajstić information content (AvgIpc) is 3.40. The molecule has 2 N–H and O–H groups in total. The summed E-state index contributed by atoms with van der Waals surface area (Å²) >= 11 is 0. The molecule has 0 atom stereocenters. The first-order valence-electron chi connectivity index (χ1n) is 9.38. The Balaban J connectivity index is 1.31. The molecule has 2 amide bonds. The zero-order valence-corrected chi connectivity index (χ0v) is 15.4. The number of carbonyl (C=O) groups is 2. The Hall–Kier alpha value is -3.41. The van der Waals surface area contributed by atoms with Gasteiger partial charge in [-0.05, 0) is 31.0 Å². The summed E-state index contributed by atoms with van der Waals surface area (Å²) in [6, 6.07) is 17.0. The normalized spacial score (nSPS) is 13.1. The van der Waals surface area contributed by atoms with Gasteiger partial charge in [-0.2, -0.15) is 0 Å². The first kappa shape index (κ1) is 18.0. The SMILES string of the molecule is O=C(CCc1ncc(-c2ccccc2)o1)Nc1cccc(C(=O)NC2CC2)c1. The fraction of sp³-hybridized carbons (Fsp3) is 0.227. The molecule has 28 heavy (non-hydrogen) atoms. The predicted octanol–water partition coefficient (Wildman–Crippen LogP) is 3.81. The van der Waals surface area contributed by atoms with Gasteiger partial charge in [0.05, 0.1) is 6.20 Å². The Kier molecular flexibility index (Phi) is 5.19. The summed E-state index contributed by atoms with van der Waals surface area (Å²) in [6.45, 7) is 0. The number of rotatable bonds is 7. The number of carbonyl (C=O) groups excluding carboxylic acids is 2. The van der Waals surface area contributed by atoms with E-state index < -0.39 is 0 Å². The molecule has 1 fully saturated rings. The Labute approximate surface area is 163 Å². The quantitative estimate of drug-likeness (QED) is 0.658. The van der Waals surface area contributed by atoms with Crippen LogP contribution in [0.3, 0.4) is 0 Å². The zero-order chi connectivity index (χ0) is 19.3. The molecule has 1 aliphatic rings. The van der Waals surface area contributed by atoms with Crippen molar-refractivity contribution in [3.8, 4) is 11.3 Å². The molecule has 2 aromatic carbocycles. The molecule has 1 aliphatic carbocycles. The van der Waals surface area contributed by atoms with Gasteiger partial charge in [-0.3, -0.25) is 9.59 Å². The highest BCUT2D eigenvalue weighted by atomic mass is 16.4. The van der Waals surface area contributed by atoms with E-state index in [1.807, 2.05) is 30.3 Å². The van der Waals surface area contributed by atoms with Gasteiger partial charge in [-0.15, -0.1) is 0 Å². The molecular weight excluding hydrogens is 354 g/mol. The largest absolute Gasteiger partial charge is 0.441 e. The fourth-order valence-corrected chi connectivity index (χ4v) is 2.84. The van der Waals surface area contributed by atoms with E-state index in [9.17, 15) is 9.59 Å². The molecular formula is C22H21N3O3. The van der Waals surface area contributed by atoms with Crippen LogP contribution in [0.25, 0.3) is 11.3 Å². The molecule has 0 unspecified atom stereocenters. The van der Waals surface area contributed by atoms with E-state index in [4.69, 9.17) is 4.42 Å². The number of aryl methyl sites for hydroxylation is 1. The summed E-state index contributed by atoms with van der Waals surface area (Å²) in [5, 5.41) is 5.77. The van der Waals surface area contributed by atoms with Gasteiger partial charge in [-0.25, -0.2) is 4.98 Å². The van der Waals surface area contributed by atoms with Gasteiger partial charge in [0, 0.05) is 35.7 Å². The van der Waals surface area contributed by atoms with Crippen LogP contribution in [0.15, 0.2) is 65.2 Å². The van der Waals surface area contributed by atoms with Crippen molar-refractivity contribution in [1.82, 2.24) is 10.3 Å². The number of benzene rings is 2. The second-order valence-electron chi connectivity index (χ2n) is 6.86. The Morgan fingerprint density at radius 1 is 1.07 bits per heavy atom. The topological polar surface area (TPSA) is 84.2 Å². The summed E-state index contributed by atoms with van der Waals surface area (Å²) in [5.74, 6) is 0.947. The van der Waals surface area contributed by atoms with Gasteiger partial charge >= 0.3 is 0 Å². The number of amides is 2. The maximum atomic E-state index is 12.3. The third-order valence-electron chi connectivity index (χ3n) is 4.50. The number of anilines is 1. The van der Waals surface area contributed by atoms with Crippen LogP contribution in [0.5, 0.6) is 0 Å². The Morgan fingerprint density at radius 2 is 1.89 bits per heavy atom. The minimum atomic E-state index is -0.154. The number of hydrogen-bond acceptors (Lipinski definition) is 4. The molecule has 1 aromatic heterocycles. The van der Waals surface area contributed by atoms with Crippen molar-refractivity contribution >= 4 is 17.5 Å². The lowest BCUT2D eigenvalue weighted by molar-refractivity contribution is -0.116. The van der Waals surface area contributed by atoms with Crippen LogP contribution in [-0.2, 0) is 11.2 Å². The monoisotopic (exact) mass is 375 g/mol. The minimum absolute atomic E-state index is 0.105. The third-order valence-corrected chi connectivity index (χ3v) is 4.50. The van der Waals surface area contributed by atoms with E-state index in [2.05, 4.69) is 15.6 Å². The first-order chi connectivity index (χ1) is 13.7. The smallest absolute Gasteiger partial charge is 0.251 e. The molecule has 0 aliphatic heterocycles. The van der Waals surface area contributed by atoms with E-state index in [0.29, 0.717) is 35.4 Å². The molecule has 0 spiro atoms. The lowest BCUT2D eigenvalue weighted by Gasteiger charge is -2.07. The van der Waals surface area contributed by atoms with E-state index >= 15 is 0 Å². The van der Waals surface area contributed by atoms with Gasteiger partial charge < -0.3 is 15.1 Å². The molecule has 0 bridgehead atoms. The van der Waals surface area contributed by atoms with Gasteiger partial charge in [-0.1, -0.05) is 36.4 Å². The molecule has 142 valence electrons. The second-order valence-corrected chi connectivity index (χ2v) is 6.86. The van der Waals surface area contributed by atoms with Crippen molar-refractivity contribution in [2.45, 2.75) is 31.7 Å². The van der Waals surface area contributed by atoms with Crippen molar-refractivity contribution in [2.75, 3.05) is 5.32 Å². The van der Waals surface area contributed by atoms with Gasteiger partial charge in [0.2, 0.25) is 5.91 Å². The van der Waals surface area contributed by atoms with Gasteiger partial charge in [0.15, 0.2) is 11.7 Å². The van der Waals surface area contributed by atoms with Crippen LogP contribution < -0.4 is 10.6 Å². The van der Waals surface area contributed by atoms with Crippen molar-refractivity contribution in [3.05, 3.63) is 72.2 Å². The van der Waals surface area contributed by atoms with E-state index in [1.165, 1.54) is 0 Å². The standard InChI is InChI=1S/C22H21N3O3/c26-20(11-12-21-23-14-19(28-21)15-5-2-1-3-6-15)24-18-8-4-7-16(13-18)22(27)25-17-9-10-17/h1-8,13-14,17H,9-12H2,(H,24,26)(H,25,27). The summed E-state index contributed by atoms with van der Waals surface area (Å²) < 4.78 is 5.72. The summed E-state index contributed by atoms with van der Waals surface area (Å²) in [5.41, 5.74) is 2.10. The molecule has 3 aromatic rings. The summed E-state index contributed by atoms with van der Waals surface area (Å²) in [6.07, 6.45) is 4.39. The highest BCUT2D eigenvalue weighted by Gasteiger charge is 2.23. The molecule has 6 heteroatoms. The Bertz CT molecular complexity index is 977. The van der Waals surface area contributed by atoms with Crippen molar-refractivity contribution < 1.29 is 14.0 Å². The predicted molar refractivity (Wildman–Crippen MR) is 106 cm³/mol.